The summed E-state index contributed by atoms with van der Waals surface area (Å²) in [6, 6.07) is 3.12. The summed E-state index contributed by atoms with van der Waals surface area (Å²) in [6.07, 6.45) is 1.14. The van der Waals surface area contributed by atoms with Gasteiger partial charge >= 0.3 is 0 Å². The summed E-state index contributed by atoms with van der Waals surface area (Å²) in [5.74, 6) is -1.53. The molecule has 1 aromatic carbocycles. The van der Waals surface area contributed by atoms with Crippen LogP contribution in [-0.4, -0.2) is 29.5 Å². The highest BCUT2D eigenvalue weighted by Gasteiger charge is 2.21. The summed E-state index contributed by atoms with van der Waals surface area (Å²) >= 11 is 0. The Labute approximate surface area is 103 Å². The molecule has 1 saturated heterocycles. The Hall–Kier alpha value is -2.11. The summed E-state index contributed by atoms with van der Waals surface area (Å²) in [5.41, 5.74) is 0.0146. The lowest BCUT2D eigenvalue weighted by molar-refractivity contribution is -0.119. The van der Waals surface area contributed by atoms with Gasteiger partial charge in [0.2, 0.25) is 5.91 Å². The molecule has 3 N–H and O–H groups in total. The standard InChI is InChI=1S/C12H13FN2O3/c13-7-1-3-9(10(16)5-7)12(18)14-6-8-2-4-11(17)15-8/h1,3,5,8,16H,2,4,6H2,(H,14,18)(H,15,17). The molecule has 0 saturated carbocycles. The number of nitrogens with one attached hydrogen (secondary N) is 2. The van der Waals surface area contributed by atoms with Gasteiger partial charge < -0.3 is 15.7 Å². The van der Waals surface area contributed by atoms with Crippen molar-refractivity contribution in [2.45, 2.75) is 18.9 Å². The third-order valence-corrected chi connectivity index (χ3v) is 2.80. The van der Waals surface area contributed by atoms with Gasteiger partial charge in [-0.3, -0.25) is 9.59 Å². The zero-order valence-electron chi connectivity index (χ0n) is 9.57. The van der Waals surface area contributed by atoms with Crippen LogP contribution in [0.25, 0.3) is 0 Å². The Bertz CT molecular complexity index is 490. The van der Waals surface area contributed by atoms with Gasteiger partial charge in [-0.2, -0.15) is 0 Å². The van der Waals surface area contributed by atoms with Crippen LogP contribution in [0.4, 0.5) is 4.39 Å². The van der Waals surface area contributed by atoms with Crippen LogP contribution in [0.5, 0.6) is 5.75 Å². The molecule has 1 fully saturated rings. The predicted molar refractivity (Wildman–Crippen MR) is 61.6 cm³/mol. The largest absolute Gasteiger partial charge is 0.507 e. The molecule has 1 atom stereocenters. The van der Waals surface area contributed by atoms with Crippen LogP contribution in [0.2, 0.25) is 0 Å². The number of phenolic OH excluding ortho intramolecular Hbond substituents is 1. The second-order valence-electron chi connectivity index (χ2n) is 4.17. The quantitative estimate of drug-likeness (QED) is 0.734. The fraction of sp³-hybridized carbons (Fsp3) is 0.333. The monoisotopic (exact) mass is 252 g/mol. The first-order chi connectivity index (χ1) is 8.56. The number of rotatable bonds is 3. The Morgan fingerprint density at radius 2 is 2.33 bits per heavy atom. The zero-order chi connectivity index (χ0) is 13.1. The van der Waals surface area contributed by atoms with Crippen LogP contribution in [-0.2, 0) is 4.79 Å². The van der Waals surface area contributed by atoms with Crippen molar-refractivity contribution in [3.05, 3.63) is 29.6 Å². The molecule has 5 nitrogen and oxygen atoms in total. The third-order valence-electron chi connectivity index (χ3n) is 2.80. The SMILES string of the molecule is O=C1CCC(CNC(=O)c2ccc(F)cc2O)N1. The Kier molecular flexibility index (Phi) is 3.45. The summed E-state index contributed by atoms with van der Waals surface area (Å²) in [7, 11) is 0. The van der Waals surface area contributed by atoms with Crippen molar-refractivity contribution in [2.75, 3.05) is 6.54 Å². The number of aromatic hydroxyl groups is 1. The van der Waals surface area contributed by atoms with Gasteiger partial charge in [-0.15, -0.1) is 0 Å². The van der Waals surface area contributed by atoms with E-state index in [0.29, 0.717) is 19.4 Å². The van der Waals surface area contributed by atoms with E-state index in [4.69, 9.17) is 0 Å². The fourth-order valence-corrected chi connectivity index (χ4v) is 1.84. The number of benzene rings is 1. The first kappa shape index (κ1) is 12.3. The molecule has 2 rings (SSSR count). The van der Waals surface area contributed by atoms with Crippen LogP contribution in [0.1, 0.15) is 23.2 Å². The van der Waals surface area contributed by atoms with Crippen molar-refractivity contribution in [3.63, 3.8) is 0 Å². The molecule has 1 heterocycles. The van der Waals surface area contributed by atoms with Gasteiger partial charge in [0.25, 0.3) is 5.91 Å². The number of carbonyl (C=O) groups excluding carboxylic acids is 2. The maximum absolute atomic E-state index is 12.7. The van der Waals surface area contributed by atoms with Crippen molar-refractivity contribution in [1.29, 1.82) is 0 Å². The number of hydrogen-bond donors (Lipinski definition) is 3. The molecule has 0 spiro atoms. The molecular weight excluding hydrogens is 239 g/mol. The van der Waals surface area contributed by atoms with E-state index < -0.39 is 17.5 Å². The van der Waals surface area contributed by atoms with Crippen LogP contribution in [0.15, 0.2) is 18.2 Å². The van der Waals surface area contributed by atoms with E-state index >= 15 is 0 Å². The van der Waals surface area contributed by atoms with Gasteiger partial charge in [0, 0.05) is 25.1 Å². The first-order valence-electron chi connectivity index (χ1n) is 5.62. The van der Waals surface area contributed by atoms with Gasteiger partial charge in [-0.1, -0.05) is 0 Å². The molecule has 0 aliphatic carbocycles. The molecule has 1 aliphatic heterocycles. The van der Waals surface area contributed by atoms with Crippen molar-refractivity contribution in [3.8, 4) is 5.75 Å². The summed E-state index contributed by atoms with van der Waals surface area (Å²) in [6.45, 7) is 0.293. The van der Waals surface area contributed by atoms with Gasteiger partial charge in [0.15, 0.2) is 0 Å². The molecule has 0 aromatic heterocycles. The molecule has 96 valence electrons. The number of amides is 2. The molecule has 1 unspecified atom stereocenters. The first-order valence-corrected chi connectivity index (χ1v) is 5.62. The van der Waals surface area contributed by atoms with E-state index in [0.717, 1.165) is 12.1 Å². The summed E-state index contributed by atoms with van der Waals surface area (Å²) in [5, 5.41) is 14.7. The zero-order valence-corrected chi connectivity index (χ0v) is 9.57. The summed E-state index contributed by atoms with van der Waals surface area (Å²) < 4.78 is 12.7. The molecule has 0 radical (unpaired) electrons. The average Bonchev–Trinajstić information content (AvgIpc) is 2.72. The molecule has 0 bridgehead atoms. The van der Waals surface area contributed by atoms with Crippen LogP contribution < -0.4 is 10.6 Å². The lowest BCUT2D eigenvalue weighted by Gasteiger charge is -2.11. The van der Waals surface area contributed by atoms with Crippen LogP contribution >= 0.6 is 0 Å². The van der Waals surface area contributed by atoms with Crippen LogP contribution in [0, 0.1) is 5.82 Å². The molecule has 6 heteroatoms. The molecule has 2 amide bonds. The highest BCUT2D eigenvalue weighted by atomic mass is 19.1. The lowest BCUT2D eigenvalue weighted by atomic mass is 10.1. The van der Waals surface area contributed by atoms with Crippen molar-refractivity contribution < 1.29 is 19.1 Å². The molecule has 18 heavy (non-hydrogen) atoms. The van der Waals surface area contributed by atoms with Crippen molar-refractivity contribution in [2.24, 2.45) is 0 Å². The summed E-state index contributed by atoms with van der Waals surface area (Å²) in [4.78, 5) is 22.7. The Morgan fingerprint density at radius 3 is 2.94 bits per heavy atom. The average molecular weight is 252 g/mol. The Morgan fingerprint density at radius 1 is 1.56 bits per heavy atom. The molecule has 1 aliphatic rings. The smallest absolute Gasteiger partial charge is 0.255 e. The van der Waals surface area contributed by atoms with Crippen molar-refractivity contribution in [1.82, 2.24) is 10.6 Å². The van der Waals surface area contributed by atoms with Gasteiger partial charge in [0.05, 0.1) is 5.56 Å². The number of hydrogen-bond acceptors (Lipinski definition) is 3. The van der Waals surface area contributed by atoms with E-state index in [-0.39, 0.29) is 17.5 Å². The predicted octanol–water partition coefficient (Wildman–Crippen LogP) is 0.540. The van der Waals surface area contributed by atoms with E-state index in [1.54, 1.807) is 0 Å². The van der Waals surface area contributed by atoms with Gasteiger partial charge in [0.1, 0.15) is 11.6 Å². The fourth-order valence-electron chi connectivity index (χ4n) is 1.84. The maximum atomic E-state index is 12.7. The highest BCUT2D eigenvalue weighted by Crippen LogP contribution is 2.17. The Balaban J connectivity index is 1.93. The normalized spacial score (nSPS) is 18.5. The minimum Gasteiger partial charge on any atom is -0.507 e. The van der Waals surface area contributed by atoms with Crippen molar-refractivity contribution >= 4 is 11.8 Å². The van der Waals surface area contributed by atoms with E-state index in [2.05, 4.69) is 10.6 Å². The molecular formula is C12H13FN2O3. The second-order valence-corrected chi connectivity index (χ2v) is 4.17. The van der Waals surface area contributed by atoms with E-state index in [9.17, 15) is 19.1 Å². The number of carbonyl (C=O) groups is 2. The van der Waals surface area contributed by atoms with Gasteiger partial charge in [-0.25, -0.2) is 4.39 Å². The topological polar surface area (TPSA) is 78.4 Å². The third kappa shape index (κ3) is 2.77. The highest BCUT2D eigenvalue weighted by molar-refractivity contribution is 5.96. The minimum atomic E-state index is -0.605. The lowest BCUT2D eigenvalue weighted by Crippen LogP contribution is -2.38. The minimum absolute atomic E-state index is 0.0146. The number of phenols is 1. The number of halogens is 1. The van der Waals surface area contributed by atoms with Gasteiger partial charge in [-0.05, 0) is 18.6 Å². The molecule has 1 aromatic rings. The van der Waals surface area contributed by atoms with E-state index in [1.165, 1.54) is 6.07 Å². The maximum Gasteiger partial charge on any atom is 0.255 e. The van der Waals surface area contributed by atoms with E-state index in [1.807, 2.05) is 0 Å². The van der Waals surface area contributed by atoms with Crippen LogP contribution in [0.3, 0.4) is 0 Å². The second kappa shape index (κ2) is 5.03.